The number of hydrogen-bond donors (Lipinski definition) is 2. The molecule has 0 aliphatic heterocycles. The average molecular weight is 338 g/mol. The van der Waals surface area contributed by atoms with Gasteiger partial charge in [-0.25, -0.2) is 13.1 Å². The average Bonchev–Trinajstić information content (AvgIpc) is 2.45. The van der Waals surface area contributed by atoms with Crippen molar-refractivity contribution >= 4 is 15.9 Å². The maximum absolute atomic E-state index is 12.9. The SMILES string of the molecule is Cc1cc(C)c(C)c(S(=O)(=O)NC2CCC(C(N)=O)CC2)c1C. The quantitative estimate of drug-likeness (QED) is 0.882. The second-order valence-electron chi connectivity index (χ2n) is 6.66. The van der Waals surface area contributed by atoms with Gasteiger partial charge in [0.1, 0.15) is 0 Å². The van der Waals surface area contributed by atoms with E-state index in [-0.39, 0.29) is 17.9 Å². The van der Waals surface area contributed by atoms with Gasteiger partial charge in [0.25, 0.3) is 0 Å². The first-order chi connectivity index (χ1) is 10.6. The van der Waals surface area contributed by atoms with Crippen molar-refractivity contribution in [2.45, 2.75) is 64.3 Å². The Labute approximate surface area is 138 Å². The molecule has 1 aliphatic carbocycles. The summed E-state index contributed by atoms with van der Waals surface area (Å²) in [6.45, 7) is 7.55. The molecule has 0 atom stereocenters. The number of hydrogen-bond acceptors (Lipinski definition) is 3. The molecule has 1 aliphatic rings. The molecule has 1 aromatic carbocycles. The lowest BCUT2D eigenvalue weighted by Crippen LogP contribution is -2.40. The van der Waals surface area contributed by atoms with Gasteiger partial charge >= 0.3 is 0 Å². The number of benzene rings is 1. The van der Waals surface area contributed by atoms with E-state index in [9.17, 15) is 13.2 Å². The predicted molar refractivity (Wildman–Crippen MR) is 90.7 cm³/mol. The molecule has 0 radical (unpaired) electrons. The Morgan fingerprint density at radius 1 is 1.04 bits per heavy atom. The van der Waals surface area contributed by atoms with E-state index in [2.05, 4.69) is 4.72 Å². The van der Waals surface area contributed by atoms with Crippen LogP contribution in [-0.2, 0) is 14.8 Å². The second kappa shape index (κ2) is 6.61. The van der Waals surface area contributed by atoms with Crippen LogP contribution in [0.2, 0.25) is 0 Å². The van der Waals surface area contributed by atoms with E-state index >= 15 is 0 Å². The van der Waals surface area contributed by atoms with Crippen molar-refractivity contribution in [3.63, 3.8) is 0 Å². The van der Waals surface area contributed by atoms with Gasteiger partial charge in [-0.15, -0.1) is 0 Å². The van der Waals surface area contributed by atoms with Crippen LogP contribution >= 0.6 is 0 Å². The van der Waals surface area contributed by atoms with Crippen LogP contribution in [-0.4, -0.2) is 20.4 Å². The largest absolute Gasteiger partial charge is 0.369 e. The highest BCUT2D eigenvalue weighted by Crippen LogP contribution is 2.29. The van der Waals surface area contributed by atoms with Gasteiger partial charge in [-0.2, -0.15) is 0 Å². The summed E-state index contributed by atoms with van der Waals surface area (Å²) in [5.41, 5.74) is 8.88. The smallest absolute Gasteiger partial charge is 0.241 e. The van der Waals surface area contributed by atoms with E-state index in [1.54, 1.807) is 0 Å². The molecule has 6 heteroatoms. The molecule has 1 fully saturated rings. The zero-order valence-electron chi connectivity index (χ0n) is 14.3. The summed E-state index contributed by atoms with van der Waals surface area (Å²) in [6.07, 6.45) is 2.59. The molecular formula is C17H26N2O3S. The van der Waals surface area contributed by atoms with Gasteiger partial charge in [-0.3, -0.25) is 4.79 Å². The number of carbonyl (C=O) groups is 1. The number of nitrogens with two attached hydrogens (primary N) is 1. The number of aryl methyl sites for hydroxylation is 2. The standard InChI is InChI=1S/C17H26N2O3S/c1-10-9-11(2)13(4)16(12(10)3)23(21,22)19-15-7-5-14(6-8-15)17(18)20/h9,14-15,19H,5-8H2,1-4H3,(H2,18,20). The van der Waals surface area contributed by atoms with Crippen molar-refractivity contribution in [1.29, 1.82) is 0 Å². The highest BCUT2D eigenvalue weighted by molar-refractivity contribution is 7.89. The van der Waals surface area contributed by atoms with Crippen molar-refractivity contribution in [2.24, 2.45) is 11.7 Å². The minimum absolute atomic E-state index is 0.125. The predicted octanol–water partition coefficient (Wildman–Crippen LogP) is 2.24. The summed E-state index contributed by atoms with van der Waals surface area (Å²) in [6, 6.07) is 1.89. The lowest BCUT2D eigenvalue weighted by atomic mass is 9.86. The first-order valence-corrected chi connectivity index (χ1v) is 9.51. The Bertz CT molecular complexity index is 692. The maximum atomic E-state index is 12.9. The lowest BCUT2D eigenvalue weighted by Gasteiger charge is -2.28. The Morgan fingerprint density at radius 2 is 1.52 bits per heavy atom. The first kappa shape index (κ1) is 17.9. The number of nitrogens with one attached hydrogen (secondary N) is 1. The highest BCUT2D eigenvalue weighted by Gasteiger charge is 2.29. The molecule has 5 nitrogen and oxygen atoms in total. The van der Waals surface area contributed by atoms with Gasteiger partial charge in [0.15, 0.2) is 0 Å². The Morgan fingerprint density at radius 3 is 1.96 bits per heavy atom. The van der Waals surface area contributed by atoms with Crippen LogP contribution in [0.3, 0.4) is 0 Å². The summed E-state index contributed by atoms with van der Waals surface area (Å²) < 4.78 is 28.5. The van der Waals surface area contributed by atoms with Crippen molar-refractivity contribution in [3.05, 3.63) is 28.3 Å². The topological polar surface area (TPSA) is 89.3 Å². The third kappa shape index (κ3) is 3.75. The van der Waals surface area contributed by atoms with Crippen LogP contribution < -0.4 is 10.5 Å². The molecule has 0 bridgehead atoms. The molecular weight excluding hydrogens is 312 g/mol. The molecule has 1 amide bonds. The van der Waals surface area contributed by atoms with Crippen LogP contribution in [0.5, 0.6) is 0 Å². The number of rotatable bonds is 4. The van der Waals surface area contributed by atoms with Gasteiger partial charge in [0.05, 0.1) is 4.90 Å². The Kier molecular flexibility index (Phi) is 5.16. The third-order valence-electron chi connectivity index (χ3n) is 5.02. The van der Waals surface area contributed by atoms with Crippen LogP contribution in [0.15, 0.2) is 11.0 Å². The van der Waals surface area contributed by atoms with Crippen LogP contribution in [0.1, 0.15) is 47.9 Å². The minimum atomic E-state index is -3.57. The maximum Gasteiger partial charge on any atom is 0.241 e. The molecule has 0 aromatic heterocycles. The summed E-state index contributed by atoms with van der Waals surface area (Å²) in [5, 5.41) is 0. The fourth-order valence-corrected chi connectivity index (χ4v) is 5.28. The van der Waals surface area contributed by atoms with E-state index in [0.717, 1.165) is 22.3 Å². The van der Waals surface area contributed by atoms with Crippen LogP contribution in [0, 0.1) is 33.6 Å². The second-order valence-corrected chi connectivity index (χ2v) is 8.31. The minimum Gasteiger partial charge on any atom is -0.369 e. The zero-order valence-corrected chi connectivity index (χ0v) is 15.1. The van der Waals surface area contributed by atoms with Crippen molar-refractivity contribution in [2.75, 3.05) is 0 Å². The molecule has 0 spiro atoms. The Hall–Kier alpha value is -1.40. The van der Waals surface area contributed by atoms with Crippen molar-refractivity contribution in [1.82, 2.24) is 4.72 Å². The molecule has 0 unspecified atom stereocenters. The van der Waals surface area contributed by atoms with Gasteiger partial charge < -0.3 is 5.73 Å². The normalized spacial score (nSPS) is 22.1. The molecule has 0 heterocycles. The number of carbonyl (C=O) groups excluding carboxylic acids is 1. The van der Waals surface area contributed by atoms with Crippen molar-refractivity contribution < 1.29 is 13.2 Å². The summed E-state index contributed by atoms with van der Waals surface area (Å²) >= 11 is 0. The molecule has 23 heavy (non-hydrogen) atoms. The highest BCUT2D eigenvalue weighted by atomic mass is 32.2. The number of amides is 1. The zero-order chi connectivity index (χ0) is 17.4. The summed E-state index contributed by atoms with van der Waals surface area (Å²) in [7, 11) is -3.57. The summed E-state index contributed by atoms with van der Waals surface area (Å²) in [4.78, 5) is 11.6. The molecule has 2 rings (SSSR count). The fraction of sp³-hybridized carbons (Fsp3) is 0.588. The van der Waals surface area contributed by atoms with E-state index in [0.29, 0.717) is 30.6 Å². The monoisotopic (exact) mass is 338 g/mol. The molecule has 1 aromatic rings. The number of primary amides is 1. The Balaban J connectivity index is 2.23. The fourth-order valence-electron chi connectivity index (χ4n) is 3.36. The molecule has 128 valence electrons. The van der Waals surface area contributed by atoms with Gasteiger partial charge in [-0.1, -0.05) is 6.07 Å². The van der Waals surface area contributed by atoms with Crippen LogP contribution in [0.25, 0.3) is 0 Å². The number of sulfonamides is 1. The van der Waals surface area contributed by atoms with E-state index < -0.39 is 10.0 Å². The van der Waals surface area contributed by atoms with Gasteiger partial charge in [-0.05, 0) is 75.6 Å². The van der Waals surface area contributed by atoms with E-state index in [4.69, 9.17) is 5.73 Å². The van der Waals surface area contributed by atoms with Crippen molar-refractivity contribution in [3.8, 4) is 0 Å². The van der Waals surface area contributed by atoms with E-state index in [1.165, 1.54) is 0 Å². The molecule has 1 saturated carbocycles. The van der Waals surface area contributed by atoms with E-state index in [1.807, 2.05) is 33.8 Å². The summed E-state index contributed by atoms with van der Waals surface area (Å²) in [5.74, 6) is -0.409. The molecule has 0 saturated heterocycles. The first-order valence-electron chi connectivity index (χ1n) is 8.02. The van der Waals surface area contributed by atoms with Crippen LogP contribution in [0.4, 0.5) is 0 Å². The lowest BCUT2D eigenvalue weighted by molar-refractivity contribution is -0.122. The third-order valence-corrected chi connectivity index (χ3v) is 6.81. The molecule has 3 N–H and O–H groups in total. The van der Waals surface area contributed by atoms with Gasteiger partial charge in [0, 0.05) is 12.0 Å². The van der Waals surface area contributed by atoms with Gasteiger partial charge in [0.2, 0.25) is 15.9 Å².